The molecule has 0 saturated carbocycles. The Labute approximate surface area is 221 Å². The second kappa shape index (κ2) is 10.1. The fourth-order valence-corrected chi connectivity index (χ4v) is 5.58. The molecule has 0 unspecified atom stereocenters. The van der Waals surface area contributed by atoms with Gasteiger partial charge >= 0.3 is 17.9 Å². The minimum atomic E-state index is -1.75. The molecule has 1 aromatic rings. The zero-order chi connectivity index (χ0) is 27.9. The number of ether oxygens (including phenoxy) is 5. The highest BCUT2D eigenvalue weighted by Gasteiger charge is 2.65. The molecule has 0 radical (unpaired) electrons. The van der Waals surface area contributed by atoms with E-state index in [1.54, 1.807) is 45.9 Å². The van der Waals surface area contributed by atoms with Crippen molar-refractivity contribution in [1.82, 2.24) is 0 Å². The molecule has 38 heavy (non-hydrogen) atoms. The number of ketones is 1. The van der Waals surface area contributed by atoms with Crippen LogP contribution in [0.25, 0.3) is 0 Å². The lowest BCUT2D eigenvalue weighted by molar-refractivity contribution is -0.173. The third-order valence-corrected chi connectivity index (χ3v) is 7.70. The standard InChI is InChI=1S/C29H32O9/c1-8-14(2)26(31)38-29(5)24-21(36-27(32)17-9-10-19(34-6)20(13-17)35-7)12-16(4)22-18(30)11-15(3)23(22)25(24)37-28(29)33/h8-11,13,21,23-25H,12H2,1-7H3/b14-8-/t21-,23+,24+,25-,29-/m0/s1. The quantitative estimate of drug-likeness (QED) is 0.310. The molecular weight excluding hydrogens is 492 g/mol. The SMILES string of the molecule is C/C=C(/C)C(=O)O[C@]1(C)C(=O)O[C@H]2[C@@H]3C(C)=CC(=O)C3=C(C)C[C@H](OC(=O)c3ccc(OC)c(OC)c3)[C@H]21. The maximum Gasteiger partial charge on any atom is 0.351 e. The molecule has 9 heteroatoms. The third kappa shape index (κ3) is 4.40. The van der Waals surface area contributed by atoms with Crippen molar-refractivity contribution in [3.8, 4) is 11.5 Å². The predicted molar refractivity (Wildman–Crippen MR) is 136 cm³/mol. The third-order valence-electron chi connectivity index (χ3n) is 7.70. The van der Waals surface area contributed by atoms with Crippen LogP contribution in [0, 0.1) is 11.8 Å². The van der Waals surface area contributed by atoms with Crippen LogP contribution in [0.5, 0.6) is 11.5 Å². The van der Waals surface area contributed by atoms with Crippen LogP contribution >= 0.6 is 0 Å². The number of hydrogen-bond acceptors (Lipinski definition) is 9. The predicted octanol–water partition coefficient (Wildman–Crippen LogP) is 3.90. The van der Waals surface area contributed by atoms with Gasteiger partial charge in [-0.1, -0.05) is 17.2 Å². The van der Waals surface area contributed by atoms with E-state index in [1.807, 2.05) is 0 Å². The summed E-state index contributed by atoms with van der Waals surface area (Å²) in [6, 6.07) is 4.62. The van der Waals surface area contributed by atoms with E-state index < -0.39 is 47.6 Å². The van der Waals surface area contributed by atoms with Crippen molar-refractivity contribution >= 4 is 23.7 Å². The van der Waals surface area contributed by atoms with E-state index in [4.69, 9.17) is 23.7 Å². The molecule has 1 saturated heterocycles. The van der Waals surface area contributed by atoms with Crippen LogP contribution < -0.4 is 9.47 Å². The van der Waals surface area contributed by atoms with Gasteiger partial charge in [0.2, 0.25) is 5.60 Å². The van der Waals surface area contributed by atoms with Crippen LogP contribution in [0.2, 0.25) is 0 Å². The van der Waals surface area contributed by atoms with E-state index >= 15 is 0 Å². The molecule has 1 aromatic carbocycles. The lowest BCUT2D eigenvalue weighted by atomic mass is 9.77. The number of fused-ring (bicyclic) bond motifs is 3. The normalized spacial score (nSPS) is 28.6. The molecule has 1 heterocycles. The summed E-state index contributed by atoms with van der Waals surface area (Å²) < 4.78 is 28.2. The van der Waals surface area contributed by atoms with Gasteiger partial charge in [-0.25, -0.2) is 14.4 Å². The first-order valence-electron chi connectivity index (χ1n) is 12.4. The molecule has 0 N–H and O–H groups in total. The van der Waals surface area contributed by atoms with Gasteiger partial charge in [0, 0.05) is 23.5 Å². The maximum atomic E-state index is 13.4. The van der Waals surface area contributed by atoms with Crippen molar-refractivity contribution in [2.75, 3.05) is 14.2 Å². The monoisotopic (exact) mass is 524 g/mol. The first-order valence-corrected chi connectivity index (χ1v) is 12.4. The average Bonchev–Trinajstić information content (AvgIpc) is 3.27. The number of rotatable bonds is 6. The molecule has 2 aliphatic carbocycles. The molecule has 1 aliphatic heterocycles. The highest BCUT2D eigenvalue weighted by molar-refractivity contribution is 6.09. The summed E-state index contributed by atoms with van der Waals surface area (Å²) in [6.07, 6.45) is 1.47. The van der Waals surface area contributed by atoms with Gasteiger partial charge in [-0.15, -0.1) is 0 Å². The summed E-state index contributed by atoms with van der Waals surface area (Å²) in [5, 5.41) is 0. The van der Waals surface area contributed by atoms with E-state index in [1.165, 1.54) is 33.3 Å². The molecular formula is C29H32O9. The van der Waals surface area contributed by atoms with Crippen LogP contribution in [0.15, 0.2) is 52.6 Å². The average molecular weight is 525 g/mol. The van der Waals surface area contributed by atoms with Crippen molar-refractivity contribution in [1.29, 1.82) is 0 Å². The number of allylic oxidation sites excluding steroid dienone is 2. The Balaban J connectivity index is 1.78. The van der Waals surface area contributed by atoms with Crippen molar-refractivity contribution in [2.45, 2.75) is 58.8 Å². The van der Waals surface area contributed by atoms with Crippen LogP contribution in [-0.2, 0) is 28.6 Å². The number of carbonyl (C=O) groups excluding carboxylic acids is 4. The number of carbonyl (C=O) groups is 4. The summed E-state index contributed by atoms with van der Waals surface area (Å²) in [5.41, 5.74) is 0.749. The smallest absolute Gasteiger partial charge is 0.351 e. The second-order valence-electron chi connectivity index (χ2n) is 10.0. The van der Waals surface area contributed by atoms with Crippen molar-refractivity contribution in [3.63, 3.8) is 0 Å². The molecule has 1 fully saturated rings. The largest absolute Gasteiger partial charge is 0.493 e. The van der Waals surface area contributed by atoms with E-state index in [0.717, 1.165) is 11.1 Å². The molecule has 3 aliphatic rings. The van der Waals surface area contributed by atoms with E-state index in [2.05, 4.69) is 0 Å². The van der Waals surface area contributed by atoms with Gasteiger partial charge in [-0.3, -0.25) is 4.79 Å². The van der Waals surface area contributed by atoms with E-state index in [9.17, 15) is 19.2 Å². The number of methoxy groups -OCH3 is 2. The van der Waals surface area contributed by atoms with Gasteiger partial charge in [0.25, 0.3) is 0 Å². The van der Waals surface area contributed by atoms with Crippen LogP contribution in [0.4, 0.5) is 0 Å². The van der Waals surface area contributed by atoms with Gasteiger partial charge in [0.05, 0.1) is 25.7 Å². The van der Waals surface area contributed by atoms with Crippen molar-refractivity contribution < 1.29 is 42.9 Å². The molecule has 4 rings (SSSR count). The first-order chi connectivity index (χ1) is 18.0. The van der Waals surface area contributed by atoms with Crippen LogP contribution in [-0.4, -0.2) is 55.7 Å². The van der Waals surface area contributed by atoms with Crippen LogP contribution in [0.1, 0.15) is 51.4 Å². The molecule has 0 aromatic heterocycles. The molecule has 0 spiro atoms. The second-order valence-corrected chi connectivity index (χ2v) is 10.0. The summed E-state index contributed by atoms with van der Waals surface area (Å²) in [7, 11) is 2.94. The van der Waals surface area contributed by atoms with Gasteiger partial charge < -0.3 is 23.7 Å². The lowest BCUT2D eigenvalue weighted by Gasteiger charge is -2.34. The number of esters is 3. The molecule has 202 valence electrons. The summed E-state index contributed by atoms with van der Waals surface area (Å²) >= 11 is 0. The van der Waals surface area contributed by atoms with E-state index in [-0.39, 0.29) is 17.8 Å². The Morgan fingerprint density at radius 3 is 2.42 bits per heavy atom. The van der Waals surface area contributed by atoms with Crippen molar-refractivity contribution in [3.05, 3.63) is 58.2 Å². The van der Waals surface area contributed by atoms with Gasteiger partial charge in [0.1, 0.15) is 12.2 Å². The zero-order valence-corrected chi connectivity index (χ0v) is 22.6. The van der Waals surface area contributed by atoms with Crippen molar-refractivity contribution in [2.24, 2.45) is 11.8 Å². The lowest BCUT2D eigenvalue weighted by Crippen LogP contribution is -2.50. The Bertz CT molecular complexity index is 1300. The summed E-state index contributed by atoms with van der Waals surface area (Å²) in [5.74, 6) is -2.87. The highest BCUT2D eigenvalue weighted by atomic mass is 16.6. The Morgan fingerprint density at radius 1 is 1.11 bits per heavy atom. The zero-order valence-electron chi connectivity index (χ0n) is 22.6. The molecule has 0 bridgehead atoms. The first kappa shape index (κ1) is 27.2. The highest BCUT2D eigenvalue weighted by Crippen LogP contribution is 2.51. The fourth-order valence-electron chi connectivity index (χ4n) is 5.58. The Hall–Kier alpha value is -3.88. The van der Waals surface area contributed by atoms with E-state index in [0.29, 0.717) is 22.6 Å². The summed E-state index contributed by atoms with van der Waals surface area (Å²) in [6.45, 7) is 8.35. The molecule has 0 amide bonds. The van der Waals surface area contributed by atoms with Gasteiger partial charge in [0.15, 0.2) is 17.3 Å². The van der Waals surface area contributed by atoms with Gasteiger partial charge in [-0.2, -0.15) is 0 Å². The molecule has 5 atom stereocenters. The fraction of sp³-hybridized carbons (Fsp3) is 0.448. The minimum absolute atomic E-state index is 0.158. The maximum absolute atomic E-state index is 13.4. The molecule has 9 nitrogen and oxygen atoms in total. The number of hydrogen-bond donors (Lipinski definition) is 0. The Morgan fingerprint density at radius 2 is 1.79 bits per heavy atom. The number of benzene rings is 1. The van der Waals surface area contributed by atoms with Crippen LogP contribution in [0.3, 0.4) is 0 Å². The Kier molecular flexibility index (Phi) is 7.23. The van der Waals surface area contributed by atoms with Gasteiger partial charge in [-0.05, 0) is 58.9 Å². The summed E-state index contributed by atoms with van der Waals surface area (Å²) in [4.78, 5) is 52.4. The topological polar surface area (TPSA) is 114 Å². The minimum Gasteiger partial charge on any atom is -0.493 e.